The zero-order valence-corrected chi connectivity index (χ0v) is 6.68. The van der Waals surface area contributed by atoms with E-state index in [0.717, 1.165) is 7.11 Å². The average molecular weight is 180 g/mol. The predicted molar refractivity (Wildman–Crippen MR) is 35.9 cm³/mol. The Kier molecular flexibility index (Phi) is 2.62. The normalized spacial score (nSPS) is 24.1. The number of ether oxygens (including phenoxy) is 2. The van der Waals surface area contributed by atoms with Crippen LogP contribution in [0.25, 0.3) is 0 Å². The Bertz CT molecular complexity index is 175. The van der Waals surface area contributed by atoms with E-state index in [-0.39, 0.29) is 19.6 Å². The second kappa shape index (κ2) is 3.35. The fraction of sp³-hybridized carbons (Fsp3) is 0.857. The number of halogens is 2. The van der Waals surface area contributed by atoms with Crippen molar-refractivity contribution >= 4 is 5.97 Å². The second-order valence-electron chi connectivity index (χ2n) is 2.68. The molecule has 0 saturated carbocycles. The third-order valence-corrected chi connectivity index (χ3v) is 1.90. The van der Waals surface area contributed by atoms with E-state index in [1.807, 2.05) is 0 Å². The lowest BCUT2D eigenvalue weighted by atomic mass is 10.0. The first-order chi connectivity index (χ1) is 5.59. The Morgan fingerprint density at radius 3 is 2.75 bits per heavy atom. The van der Waals surface area contributed by atoms with Crippen molar-refractivity contribution < 1.29 is 23.0 Å². The Morgan fingerprint density at radius 2 is 2.33 bits per heavy atom. The molecule has 0 aromatic carbocycles. The molecule has 0 aromatic heterocycles. The highest BCUT2D eigenvalue weighted by Gasteiger charge is 2.49. The van der Waals surface area contributed by atoms with Crippen molar-refractivity contribution in [2.75, 3.05) is 20.3 Å². The second-order valence-corrected chi connectivity index (χ2v) is 2.68. The molecule has 0 aliphatic carbocycles. The number of hydrogen-bond donors (Lipinski definition) is 0. The predicted octanol–water partition coefficient (Wildman–Crippen LogP) is 0.831. The van der Waals surface area contributed by atoms with E-state index in [1.165, 1.54) is 0 Å². The maximum absolute atomic E-state index is 13.0. The van der Waals surface area contributed by atoms with Crippen molar-refractivity contribution in [3.05, 3.63) is 0 Å². The molecule has 0 N–H and O–H groups in total. The zero-order valence-electron chi connectivity index (χ0n) is 6.68. The van der Waals surface area contributed by atoms with Crippen molar-refractivity contribution in [1.82, 2.24) is 0 Å². The van der Waals surface area contributed by atoms with Gasteiger partial charge in [0.25, 0.3) is 0 Å². The van der Waals surface area contributed by atoms with Crippen molar-refractivity contribution in [1.29, 1.82) is 0 Å². The monoisotopic (exact) mass is 180 g/mol. The number of methoxy groups -OCH3 is 1. The molecule has 70 valence electrons. The SMILES string of the molecule is COC(=O)C(F)(F)C1CCOC1. The highest BCUT2D eigenvalue weighted by atomic mass is 19.3. The van der Waals surface area contributed by atoms with Crippen molar-refractivity contribution in [3.8, 4) is 0 Å². The van der Waals surface area contributed by atoms with E-state index < -0.39 is 17.8 Å². The molecule has 0 radical (unpaired) electrons. The van der Waals surface area contributed by atoms with Crippen LogP contribution in [0.5, 0.6) is 0 Å². The molecule has 1 fully saturated rings. The van der Waals surface area contributed by atoms with Crippen LogP contribution in [0, 0.1) is 5.92 Å². The zero-order chi connectivity index (χ0) is 9.19. The van der Waals surface area contributed by atoms with Gasteiger partial charge in [-0.05, 0) is 6.42 Å². The molecular formula is C7H10F2O3. The average Bonchev–Trinajstić information content (AvgIpc) is 2.55. The fourth-order valence-electron chi connectivity index (χ4n) is 1.12. The van der Waals surface area contributed by atoms with Crippen LogP contribution in [0.1, 0.15) is 6.42 Å². The molecule has 0 aromatic rings. The minimum Gasteiger partial charge on any atom is -0.465 e. The van der Waals surface area contributed by atoms with Gasteiger partial charge in [0.15, 0.2) is 0 Å². The summed E-state index contributed by atoms with van der Waals surface area (Å²) in [7, 11) is 0.950. The Morgan fingerprint density at radius 1 is 1.67 bits per heavy atom. The molecule has 12 heavy (non-hydrogen) atoms. The summed E-state index contributed by atoms with van der Waals surface area (Å²) in [6.45, 7) is 0.222. The van der Waals surface area contributed by atoms with Crippen molar-refractivity contribution in [3.63, 3.8) is 0 Å². The van der Waals surface area contributed by atoms with E-state index in [9.17, 15) is 13.6 Å². The fourth-order valence-corrected chi connectivity index (χ4v) is 1.12. The first-order valence-electron chi connectivity index (χ1n) is 3.63. The number of rotatable bonds is 2. The van der Waals surface area contributed by atoms with Crippen LogP contribution in [0.2, 0.25) is 0 Å². The number of carbonyl (C=O) groups is 1. The van der Waals surface area contributed by atoms with Gasteiger partial charge in [-0.25, -0.2) is 4.79 Å². The van der Waals surface area contributed by atoms with Gasteiger partial charge in [0, 0.05) is 6.61 Å². The van der Waals surface area contributed by atoms with Crippen LogP contribution in [0.4, 0.5) is 8.78 Å². The summed E-state index contributed by atoms with van der Waals surface area (Å²) in [5, 5.41) is 0. The van der Waals surface area contributed by atoms with E-state index >= 15 is 0 Å². The molecule has 3 nitrogen and oxygen atoms in total. The Balaban J connectivity index is 2.62. The van der Waals surface area contributed by atoms with Crippen molar-refractivity contribution in [2.45, 2.75) is 12.3 Å². The van der Waals surface area contributed by atoms with E-state index in [4.69, 9.17) is 4.74 Å². The standard InChI is InChI=1S/C7H10F2O3/c1-11-6(10)7(8,9)5-2-3-12-4-5/h5H,2-4H2,1H3. The van der Waals surface area contributed by atoms with Gasteiger partial charge >= 0.3 is 11.9 Å². The summed E-state index contributed by atoms with van der Waals surface area (Å²) >= 11 is 0. The topological polar surface area (TPSA) is 35.5 Å². The van der Waals surface area contributed by atoms with Gasteiger partial charge in [-0.2, -0.15) is 8.78 Å². The lowest BCUT2D eigenvalue weighted by Crippen LogP contribution is -2.38. The minimum absolute atomic E-state index is 0.0674. The first kappa shape index (κ1) is 9.38. The van der Waals surface area contributed by atoms with Gasteiger partial charge in [0.2, 0.25) is 0 Å². The quantitative estimate of drug-likeness (QED) is 0.590. The van der Waals surface area contributed by atoms with Gasteiger partial charge in [-0.1, -0.05) is 0 Å². The molecule has 1 saturated heterocycles. The first-order valence-corrected chi connectivity index (χ1v) is 3.63. The Labute approximate surface area is 68.6 Å². The summed E-state index contributed by atoms with van der Waals surface area (Å²) < 4.78 is 34.7. The van der Waals surface area contributed by atoms with Gasteiger partial charge in [-0.15, -0.1) is 0 Å². The van der Waals surface area contributed by atoms with E-state index in [1.54, 1.807) is 0 Å². The maximum atomic E-state index is 13.0. The lowest BCUT2D eigenvalue weighted by molar-refractivity contribution is -0.177. The van der Waals surface area contributed by atoms with Gasteiger partial charge in [0.1, 0.15) is 0 Å². The molecule has 1 rings (SSSR count). The highest BCUT2D eigenvalue weighted by molar-refractivity contribution is 5.77. The maximum Gasteiger partial charge on any atom is 0.377 e. The molecule has 0 bridgehead atoms. The molecule has 1 aliphatic rings. The number of alkyl halides is 2. The van der Waals surface area contributed by atoms with Crippen LogP contribution < -0.4 is 0 Å². The Hall–Kier alpha value is -0.710. The van der Waals surface area contributed by atoms with Crippen LogP contribution >= 0.6 is 0 Å². The van der Waals surface area contributed by atoms with Gasteiger partial charge in [0.05, 0.1) is 19.6 Å². The van der Waals surface area contributed by atoms with Gasteiger partial charge in [-0.3, -0.25) is 0 Å². The molecule has 0 amide bonds. The minimum atomic E-state index is -3.40. The lowest BCUT2D eigenvalue weighted by Gasteiger charge is -2.18. The summed E-state index contributed by atoms with van der Waals surface area (Å²) in [5.41, 5.74) is 0. The molecular weight excluding hydrogens is 170 g/mol. The summed E-state index contributed by atoms with van der Waals surface area (Å²) in [4.78, 5) is 10.6. The molecule has 1 atom stereocenters. The number of esters is 1. The molecule has 1 heterocycles. The molecule has 1 aliphatic heterocycles. The molecule has 1 unspecified atom stereocenters. The summed E-state index contributed by atoms with van der Waals surface area (Å²) in [5.74, 6) is -5.89. The molecule has 0 spiro atoms. The number of carbonyl (C=O) groups excluding carboxylic acids is 1. The van der Waals surface area contributed by atoms with Crippen molar-refractivity contribution in [2.24, 2.45) is 5.92 Å². The van der Waals surface area contributed by atoms with Crippen LogP contribution in [0.15, 0.2) is 0 Å². The summed E-state index contributed by atoms with van der Waals surface area (Å²) in [6, 6.07) is 0. The largest absolute Gasteiger partial charge is 0.465 e. The molecule has 5 heteroatoms. The van der Waals surface area contributed by atoms with E-state index in [2.05, 4.69) is 4.74 Å². The van der Waals surface area contributed by atoms with Crippen LogP contribution in [-0.4, -0.2) is 32.2 Å². The number of hydrogen-bond acceptors (Lipinski definition) is 3. The third-order valence-electron chi connectivity index (χ3n) is 1.90. The smallest absolute Gasteiger partial charge is 0.377 e. The third kappa shape index (κ3) is 1.55. The van der Waals surface area contributed by atoms with Gasteiger partial charge < -0.3 is 9.47 Å². The van der Waals surface area contributed by atoms with Crippen LogP contribution in [-0.2, 0) is 14.3 Å². The van der Waals surface area contributed by atoms with Crippen LogP contribution in [0.3, 0.4) is 0 Å². The van der Waals surface area contributed by atoms with E-state index in [0.29, 0.717) is 0 Å². The highest BCUT2D eigenvalue weighted by Crippen LogP contribution is 2.31. The summed E-state index contributed by atoms with van der Waals surface area (Å²) in [6.07, 6.45) is 0.210.